The second-order valence-electron chi connectivity index (χ2n) is 5.89. The Morgan fingerprint density at radius 2 is 2.12 bits per heavy atom. The van der Waals surface area contributed by atoms with Gasteiger partial charge in [0.15, 0.2) is 0 Å². The summed E-state index contributed by atoms with van der Waals surface area (Å²) in [6, 6.07) is 7.97. The lowest BCUT2D eigenvalue weighted by Gasteiger charge is -2.28. The van der Waals surface area contributed by atoms with Crippen LogP contribution in [0.2, 0.25) is 5.02 Å². The summed E-state index contributed by atoms with van der Waals surface area (Å²) in [5, 5.41) is 7.81. The molecule has 2 aromatic rings. The second-order valence-corrected chi connectivity index (χ2v) is 7.05. The van der Waals surface area contributed by atoms with Crippen molar-refractivity contribution in [2.75, 3.05) is 19.6 Å². The zero-order chi connectivity index (χ0) is 16.9. The molecule has 1 aliphatic rings. The molecule has 5 nitrogen and oxygen atoms in total. The summed E-state index contributed by atoms with van der Waals surface area (Å²) in [7, 11) is 0. The van der Waals surface area contributed by atoms with Gasteiger partial charge in [0.05, 0.1) is 11.7 Å². The molecule has 0 saturated carbocycles. The summed E-state index contributed by atoms with van der Waals surface area (Å²) in [5.41, 5.74) is 1.83. The van der Waals surface area contributed by atoms with Crippen molar-refractivity contribution in [2.24, 2.45) is 0 Å². The molecule has 3 rings (SSSR count). The Hall–Kier alpha value is -1.50. The number of carbonyl (C=O) groups excluding carboxylic acids is 1. The Balaban J connectivity index is 1.75. The molecular formula is C17H21ClN4OS. The summed E-state index contributed by atoms with van der Waals surface area (Å²) in [6.45, 7) is 4.58. The molecule has 1 aliphatic heterocycles. The van der Waals surface area contributed by atoms with Gasteiger partial charge in [0, 0.05) is 11.6 Å². The number of benzene rings is 1. The molecule has 0 aliphatic carbocycles. The molecule has 1 fully saturated rings. The lowest BCUT2D eigenvalue weighted by Crippen LogP contribution is -2.37. The van der Waals surface area contributed by atoms with Crippen molar-refractivity contribution >= 4 is 29.0 Å². The van der Waals surface area contributed by atoms with Crippen molar-refractivity contribution in [1.82, 2.24) is 19.8 Å². The molecule has 1 atom stereocenters. The van der Waals surface area contributed by atoms with Gasteiger partial charge in [-0.25, -0.2) is 0 Å². The fourth-order valence-electron chi connectivity index (χ4n) is 3.12. The van der Waals surface area contributed by atoms with Crippen molar-refractivity contribution in [3.05, 3.63) is 45.4 Å². The number of hydrogen-bond donors (Lipinski definition) is 1. The smallest absolute Gasteiger partial charge is 0.265 e. The van der Waals surface area contributed by atoms with Gasteiger partial charge in [-0.2, -0.15) is 0 Å². The van der Waals surface area contributed by atoms with E-state index in [-0.39, 0.29) is 11.9 Å². The molecule has 1 amide bonds. The molecule has 0 spiro atoms. The highest BCUT2D eigenvalue weighted by atomic mass is 35.5. The highest BCUT2D eigenvalue weighted by Crippen LogP contribution is 2.29. The van der Waals surface area contributed by atoms with Gasteiger partial charge in [-0.05, 0) is 55.5 Å². The molecule has 1 saturated heterocycles. The van der Waals surface area contributed by atoms with Gasteiger partial charge in [0.25, 0.3) is 5.91 Å². The number of likely N-dealkylation sites (tertiary alicyclic amines) is 1. The van der Waals surface area contributed by atoms with Gasteiger partial charge in [-0.15, -0.1) is 5.10 Å². The molecule has 1 N–H and O–H groups in total. The maximum absolute atomic E-state index is 12.5. The standard InChI is InChI=1S/C17H21ClN4OS/c1-2-14-16(24-21-20-14)17(23)19-11-15(22-9-5-6-10-22)12-7-3-4-8-13(12)18/h3-4,7-8,15H,2,5-6,9-11H2,1H3,(H,19,23)/t15-/m0/s1. The van der Waals surface area contributed by atoms with Crippen molar-refractivity contribution < 1.29 is 4.79 Å². The van der Waals surface area contributed by atoms with E-state index in [0.29, 0.717) is 17.8 Å². The number of aromatic nitrogens is 2. The Bertz CT molecular complexity index is 699. The van der Waals surface area contributed by atoms with E-state index in [2.05, 4.69) is 19.8 Å². The first-order valence-electron chi connectivity index (χ1n) is 8.28. The molecule has 0 radical (unpaired) electrons. The van der Waals surface area contributed by atoms with Gasteiger partial charge >= 0.3 is 0 Å². The van der Waals surface area contributed by atoms with E-state index < -0.39 is 0 Å². The van der Waals surface area contributed by atoms with Gasteiger partial charge in [0.2, 0.25) is 0 Å². The van der Waals surface area contributed by atoms with Crippen LogP contribution >= 0.6 is 23.1 Å². The van der Waals surface area contributed by atoms with Crippen LogP contribution in [0.5, 0.6) is 0 Å². The third-order valence-electron chi connectivity index (χ3n) is 4.40. The van der Waals surface area contributed by atoms with Crippen LogP contribution in [-0.2, 0) is 6.42 Å². The van der Waals surface area contributed by atoms with Crippen LogP contribution in [0.3, 0.4) is 0 Å². The SMILES string of the molecule is CCc1nnsc1C(=O)NC[C@@H](c1ccccc1Cl)N1CCCC1. The fourth-order valence-corrected chi connectivity index (χ4v) is 4.04. The zero-order valence-corrected chi connectivity index (χ0v) is 15.2. The van der Waals surface area contributed by atoms with Gasteiger partial charge in [-0.3, -0.25) is 9.69 Å². The van der Waals surface area contributed by atoms with Crippen LogP contribution in [0.4, 0.5) is 0 Å². The summed E-state index contributed by atoms with van der Waals surface area (Å²) in [5.74, 6) is -0.0990. The van der Waals surface area contributed by atoms with Gasteiger partial charge in [0.1, 0.15) is 4.88 Å². The first kappa shape index (κ1) is 17.3. The number of aryl methyl sites for hydroxylation is 1. The first-order valence-corrected chi connectivity index (χ1v) is 9.43. The quantitative estimate of drug-likeness (QED) is 0.854. The number of carbonyl (C=O) groups is 1. The van der Waals surface area contributed by atoms with Gasteiger partial charge in [-0.1, -0.05) is 41.2 Å². The molecule has 128 valence electrons. The molecule has 1 aromatic carbocycles. The number of halogens is 1. The number of nitrogens with zero attached hydrogens (tertiary/aromatic N) is 3. The third kappa shape index (κ3) is 3.77. The molecule has 24 heavy (non-hydrogen) atoms. The van der Waals surface area contributed by atoms with Crippen LogP contribution in [0, 0.1) is 0 Å². The fraction of sp³-hybridized carbons (Fsp3) is 0.471. The van der Waals surface area contributed by atoms with E-state index in [4.69, 9.17) is 11.6 Å². The van der Waals surface area contributed by atoms with E-state index in [0.717, 1.165) is 40.9 Å². The monoisotopic (exact) mass is 364 g/mol. The normalized spacial score (nSPS) is 16.2. The second kappa shape index (κ2) is 8.05. The first-order chi connectivity index (χ1) is 11.7. The number of amides is 1. The Labute approximate surface area is 151 Å². The van der Waals surface area contributed by atoms with Crippen molar-refractivity contribution in [3.8, 4) is 0 Å². The minimum Gasteiger partial charge on any atom is -0.349 e. The number of nitrogens with one attached hydrogen (secondary N) is 1. The van der Waals surface area contributed by atoms with E-state index >= 15 is 0 Å². The average Bonchev–Trinajstić information content (AvgIpc) is 3.27. The van der Waals surface area contributed by atoms with Crippen molar-refractivity contribution in [2.45, 2.75) is 32.2 Å². The minimum atomic E-state index is -0.0990. The predicted molar refractivity (Wildman–Crippen MR) is 96.6 cm³/mol. The Kier molecular flexibility index (Phi) is 5.81. The van der Waals surface area contributed by atoms with E-state index in [1.807, 2.05) is 31.2 Å². The average molecular weight is 365 g/mol. The minimum absolute atomic E-state index is 0.0936. The van der Waals surface area contributed by atoms with E-state index in [1.165, 1.54) is 12.8 Å². The van der Waals surface area contributed by atoms with Gasteiger partial charge < -0.3 is 5.32 Å². The molecular weight excluding hydrogens is 344 g/mol. The predicted octanol–water partition coefficient (Wildman–Crippen LogP) is 3.32. The number of rotatable bonds is 6. The summed E-state index contributed by atoms with van der Waals surface area (Å²) in [4.78, 5) is 15.5. The molecule has 2 heterocycles. The molecule has 7 heteroatoms. The van der Waals surface area contributed by atoms with E-state index in [9.17, 15) is 4.79 Å². The Morgan fingerprint density at radius 1 is 1.38 bits per heavy atom. The summed E-state index contributed by atoms with van der Waals surface area (Å²) in [6.07, 6.45) is 3.08. The largest absolute Gasteiger partial charge is 0.349 e. The summed E-state index contributed by atoms with van der Waals surface area (Å²) < 4.78 is 3.89. The number of hydrogen-bond acceptors (Lipinski definition) is 5. The highest BCUT2D eigenvalue weighted by molar-refractivity contribution is 7.08. The third-order valence-corrected chi connectivity index (χ3v) is 5.51. The van der Waals surface area contributed by atoms with Crippen LogP contribution in [-0.4, -0.2) is 40.0 Å². The molecule has 0 bridgehead atoms. The zero-order valence-electron chi connectivity index (χ0n) is 13.7. The van der Waals surface area contributed by atoms with Crippen molar-refractivity contribution in [3.63, 3.8) is 0 Å². The summed E-state index contributed by atoms with van der Waals surface area (Å²) >= 11 is 7.55. The molecule has 0 unspecified atom stereocenters. The van der Waals surface area contributed by atoms with Crippen LogP contribution in [0.15, 0.2) is 24.3 Å². The lowest BCUT2D eigenvalue weighted by molar-refractivity contribution is 0.0941. The molecule has 1 aromatic heterocycles. The maximum Gasteiger partial charge on any atom is 0.265 e. The Morgan fingerprint density at radius 3 is 2.83 bits per heavy atom. The van der Waals surface area contributed by atoms with Crippen LogP contribution in [0.25, 0.3) is 0 Å². The van der Waals surface area contributed by atoms with Crippen LogP contribution < -0.4 is 5.32 Å². The lowest BCUT2D eigenvalue weighted by atomic mass is 10.1. The maximum atomic E-state index is 12.5. The van der Waals surface area contributed by atoms with Crippen LogP contribution in [0.1, 0.15) is 46.7 Å². The highest BCUT2D eigenvalue weighted by Gasteiger charge is 2.26. The topological polar surface area (TPSA) is 58.1 Å². The van der Waals surface area contributed by atoms with E-state index in [1.54, 1.807) is 0 Å². The van der Waals surface area contributed by atoms with Crippen molar-refractivity contribution in [1.29, 1.82) is 0 Å².